The van der Waals surface area contributed by atoms with Crippen LogP contribution >= 0.6 is 0 Å². The van der Waals surface area contributed by atoms with Crippen molar-refractivity contribution in [1.82, 2.24) is 4.57 Å². The normalized spacial score (nSPS) is 17.5. The van der Waals surface area contributed by atoms with Crippen molar-refractivity contribution in [3.8, 4) is 0 Å². The van der Waals surface area contributed by atoms with Gasteiger partial charge >= 0.3 is 0 Å². The Bertz CT molecular complexity index is 817. The number of aromatic nitrogens is 1. The lowest BCUT2D eigenvalue weighted by Crippen LogP contribution is -2.18. The molecule has 1 atom stereocenters. The predicted molar refractivity (Wildman–Crippen MR) is 96.3 cm³/mol. The Morgan fingerprint density at radius 1 is 1.08 bits per heavy atom. The van der Waals surface area contributed by atoms with E-state index in [2.05, 4.69) is 52.5 Å². The Hall–Kier alpha value is -2.30. The third kappa shape index (κ3) is 3.16. The quantitative estimate of drug-likeness (QED) is 0.757. The molecular formula is C20H22N2O2. The van der Waals surface area contributed by atoms with E-state index in [1.54, 1.807) is 0 Å². The van der Waals surface area contributed by atoms with Crippen LogP contribution in [-0.2, 0) is 17.9 Å². The van der Waals surface area contributed by atoms with E-state index in [0.29, 0.717) is 6.04 Å². The van der Waals surface area contributed by atoms with E-state index in [9.17, 15) is 0 Å². The molecule has 0 spiro atoms. The highest BCUT2D eigenvalue weighted by Crippen LogP contribution is 2.23. The second kappa shape index (κ2) is 6.67. The van der Waals surface area contributed by atoms with Gasteiger partial charge in [0.1, 0.15) is 0 Å². The molecule has 1 aliphatic rings. The van der Waals surface area contributed by atoms with Gasteiger partial charge in [-0.25, -0.2) is 0 Å². The number of nitrogens with one attached hydrogen (secondary N) is 1. The van der Waals surface area contributed by atoms with Crippen molar-refractivity contribution < 1.29 is 9.84 Å². The van der Waals surface area contributed by atoms with Crippen molar-refractivity contribution in [3.05, 3.63) is 65.9 Å². The van der Waals surface area contributed by atoms with E-state index in [4.69, 9.17) is 9.84 Å². The van der Waals surface area contributed by atoms with Gasteiger partial charge in [0, 0.05) is 25.0 Å². The van der Waals surface area contributed by atoms with Crippen LogP contribution in [0.3, 0.4) is 0 Å². The molecule has 2 aromatic carbocycles. The van der Waals surface area contributed by atoms with Gasteiger partial charge in [0.25, 0.3) is 0 Å². The molecule has 1 fully saturated rings. The Kier molecular flexibility index (Phi) is 4.24. The Labute approximate surface area is 141 Å². The summed E-state index contributed by atoms with van der Waals surface area (Å²) >= 11 is 0. The highest BCUT2D eigenvalue weighted by Gasteiger charge is 2.15. The van der Waals surface area contributed by atoms with Gasteiger partial charge in [0.2, 0.25) is 0 Å². The molecule has 0 radical (unpaired) electrons. The first-order chi connectivity index (χ1) is 11.8. The zero-order valence-electron chi connectivity index (χ0n) is 13.6. The van der Waals surface area contributed by atoms with Gasteiger partial charge in [-0.15, -0.1) is 0 Å². The number of rotatable bonds is 5. The predicted octanol–water partition coefficient (Wildman–Crippen LogP) is 3.38. The summed E-state index contributed by atoms with van der Waals surface area (Å²) in [6, 6.07) is 17.2. The van der Waals surface area contributed by atoms with Crippen LogP contribution in [0.1, 0.15) is 17.5 Å². The standard InChI is InChI=1S/C20H22N2O2/c23-13-16-3-1-15(2-4-16)12-22-9-7-17-5-6-18(11-20(17)22)21-19-8-10-24-14-19/h1-7,9,11,19,21,23H,8,10,12-14H2. The molecule has 4 heteroatoms. The summed E-state index contributed by atoms with van der Waals surface area (Å²) in [5.74, 6) is 0. The Morgan fingerprint density at radius 2 is 1.92 bits per heavy atom. The van der Waals surface area contributed by atoms with Gasteiger partial charge in [-0.1, -0.05) is 30.3 Å². The average Bonchev–Trinajstić information content (AvgIpc) is 3.26. The van der Waals surface area contributed by atoms with Crippen LogP contribution in [0.25, 0.3) is 10.9 Å². The van der Waals surface area contributed by atoms with Gasteiger partial charge in [-0.2, -0.15) is 0 Å². The molecule has 1 unspecified atom stereocenters. The zero-order chi connectivity index (χ0) is 16.4. The maximum Gasteiger partial charge on any atom is 0.0681 e. The van der Waals surface area contributed by atoms with Crippen molar-refractivity contribution in [3.63, 3.8) is 0 Å². The number of nitrogens with zero attached hydrogens (tertiary/aromatic N) is 1. The first kappa shape index (κ1) is 15.2. The Morgan fingerprint density at radius 3 is 2.67 bits per heavy atom. The van der Waals surface area contributed by atoms with Crippen LogP contribution in [0.4, 0.5) is 5.69 Å². The molecule has 0 aliphatic carbocycles. The van der Waals surface area contributed by atoms with E-state index in [-0.39, 0.29) is 6.61 Å². The number of aliphatic hydroxyl groups is 1. The number of fused-ring (bicyclic) bond motifs is 1. The average molecular weight is 322 g/mol. The number of hydrogen-bond donors (Lipinski definition) is 2. The second-order valence-corrected chi connectivity index (χ2v) is 6.40. The number of ether oxygens (including phenoxy) is 1. The maximum atomic E-state index is 9.15. The van der Waals surface area contributed by atoms with Crippen LogP contribution in [0, 0.1) is 0 Å². The fraction of sp³-hybridized carbons (Fsp3) is 0.300. The molecule has 4 rings (SSSR count). The molecule has 2 N–H and O–H groups in total. The van der Waals surface area contributed by atoms with Gasteiger partial charge in [0.05, 0.1) is 24.8 Å². The highest BCUT2D eigenvalue weighted by molar-refractivity contribution is 5.83. The third-order valence-corrected chi connectivity index (χ3v) is 4.63. The van der Waals surface area contributed by atoms with E-state index in [1.165, 1.54) is 16.5 Å². The minimum atomic E-state index is 0.0899. The van der Waals surface area contributed by atoms with Crippen LogP contribution in [0.5, 0.6) is 0 Å². The lowest BCUT2D eigenvalue weighted by atomic mass is 10.1. The molecule has 2 heterocycles. The SMILES string of the molecule is OCc1ccc(Cn2ccc3ccc(NC4CCOC4)cc32)cc1. The zero-order valence-corrected chi connectivity index (χ0v) is 13.6. The fourth-order valence-electron chi connectivity index (χ4n) is 3.24. The molecule has 0 bridgehead atoms. The van der Waals surface area contributed by atoms with E-state index in [0.717, 1.165) is 37.4 Å². The largest absolute Gasteiger partial charge is 0.392 e. The summed E-state index contributed by atoms with van der Waals surface area (Å²) in [5, 5.41) is 14.0. The summed E-state index contributed by atoms with van der Waals surface area (Å²) in [6.07, 6.45) is 3.20. The number of hydrogen-bond acceptors (Lipinski definition) is 3. The summed E-state index contributed by atoms with van der Waals surface area (Å²) in [4.78, 5) is 0. The van der Waals surface area contributed by atoms with E-state index >= 15 is 0 Å². The van der Waals surface area contributed by atoms with Gasteiger partial charge in [0.15, 0.2) is 0 Å². The van der Waals surface area contributed by atoms with Crippen LogP contribution in [-0.4, -0.2) is 28.9 Å². The first-order valence-electron chi connectivity index (χ1n) is 8.44. The van der Waals surface area contributed by atoms with Crippen molar-refractivity contribution in [2.45, 2.75) is 25.6 Å². The summed E-state index contributed by atoms with van der Waals surface area (Å²) in [5.41, 5.74) is 4.55. The van der Waals surface area contributed by atoms with E-state index < -0.39 is 0 Å². The minimum Gasteiger partial charge on any atom is -0.392 e. The molecule has 124 valence electrons. The van der Waals surface area contributed by atoms with Crippen molar-refractivity contribution >= 4 is 16.6 Å². The molecule has 1 aliphatic heterocycles. The summed E-state index contributed by atoms with van der Waals surface area (Å²) < 4.78 is 7.70. The number of benzene rings is 2. The van der Waals surface area contributed by atoms with Crippen LogP contribution in [0.2, 0.25) is 0 Å². The van der Waals surface area contributed by atoms with Crippen LogP contribution in [0.15, 0.2) is 54.7 Å². The number of anilines is 1. The summed E-state index contributed by atoms with van der Waals surface area (Å²) in [6.45, 7) is 2.55. The first-order valence-corrected chi connectivity index (χ1v) is 8.44. The molecule has 0 amide bonds. The smallest absolute Gasteiger partial charge is 0.0681 e. The third-order valence-electron chi connectivity index (χ3n) is 4.63. The number of aliphatic hydroxyl groups excluding tert-OH is 1. The molecule has 24 heavy (non-hydrogen) atoms. The van der Waals surface area contributed by atoms with Crippen molar-refractivity contribution in [1.29, 1.82) is 0 Å². The molecule has 4 nitrogen and oxygen atoms in total. The van der Waals surface area contributed by atoms with Crippen molar-refractivity contribution in [2.75, 3.05) is 18.5 Å². The molecule has 1 aromatic heterocycles. The lowest BCUT2D eigenvalue weighted by Gasteiger charge is -2.13. The minimum absolute atomic E-state index is 0.0899. The molecule has 0 saturated carbocycles. The van der Waals surface area contributed by atoms with Crippen molar-refractivity contribution in [2.24, 2.45) is 0 Å². The summed E-state index contributed by atoms with van der Waals surface area (Å²) in [7, 11) is 0. The molecule has 3 aromatic rings. The lowest BCUT2D eigenvalue weighted by molar-refractivity contribution is 0.195. The molecule has 1 saturated heterocycles. The fourth-order valence-corrected chi connectivity index (χ4v) is 3.24. The second-order valence-electron chi connectivity index (χ2n) is 6.40. The van der Waals surface area contributed by atoms with Gasteiger partial charge < -0.3 is 19.7 Å². The topological polar surface area (TPSA) is 46.4 Å². The maximum absolute atomic E-state index is 9.15. The monoisotopic (exact) mass is 322 g/mol. The van der Waals surface area contributed by atoms with Gasteiger partial charge in [-0.05, 0) is 41.1 Å². The van der Waals surface area contributed by atoms with Crippen LogP contribution < -0.4 is 5.32 Å². The highest BCUT2D eigenvalue weighted by atomic mass is 16.5. The Balaban J connectivity index is 1.57. The van der Waals surface area contributed by atoms with E-state index in [1.807, 2.05) is 12.1 Å². The molecular weight excluding hydrogens is 300 g/mol. The van der Waals surface area contributed by atoms with Gasteiger partial charge in [-0.3, -0.25) is 0 Å².